The lowest BCUT2D eigenvalue weighted by Crippen LogP contribution is -2.22. The van der Waals surface area contributed by atoms with Crippen LogP contribution in [-0.2, 0) is 5.41 Å². The quantitative estimate of drug-likeness (QED) is 0.627. The zero-order chi connectivity index (χ0) is 13.9. The second-order valence-corrected chi connectivity index (χ2v) is 4.75. The molecule has 0 spiro atoms. The highest BCUT2D eigenvalue weighted by molar-refractivity contribution is 5.88. The summed E-state index contributed by atoms with van der Waals surface area (Å²) in [5.74, 6) is 0. The first kappa shape index (κ1) is 13.4. The molecule has 0 aliphatic heterocycles. The fourth-order valence-electron chi connectivity index (χ4n) is 3.13. The van der Waals surface area contributed by atoms with E-state index in [4.69, 9.17) is 0 Å². The number of hydrogen-bond donors (Lipinski definition) is 0. The van der Waals surface area contributed by atoms with Crippen molar-refractivity contribution < 1.29 is 0 Å². The van der Waals surface area contributed by atoms with Crippen LogP contribution in [0.15, 0.2) is 80.0 Å². The molecule has 1 aromatic rings. The summed E-state index contributed by atoms with van der Waals surface area (Å²) in [6.45, 7) is 14.0. The molecular weight excluding hydrogens is 228 g/mol. The van der Waals surface area contributed by atoms with Gasteiger partial charge in [-0.2, -0.15) is 0 Å². The number of hydrogen-bond acceptors (Lipinski definition) is 0. The van der Waals surface area contributed by atoms with Gasteiger partial charge in [-0.15, -0.1) is 6.58 Å². The van der Waals surface area contributed by atoms with Gasteiger partial charge in [-0.05, 0) is 35.6 Å². The van der Waals surface area contributed by atoms with Gasteiger partial charge in [0, 0.05) is 5.41 Å². The summed E-state index contributed by atoms with van der Waals surface area (Å²) in [4.78, 5) is 0. The molecule has 0 heteroatoms. The molecule has 96 valence electrons. The average Bonchev–Trinajstić information content (AvgIpc) is 2.69. The minimum atomic E-state index is -0.141. The minimum Gasteiger partial charge on any atom is -0.103 e. The SMILES string of the molecule is C=CCC1(/C=C/C)C(C=C)=C(C=C)c2ccccc21. The van der Waals surface area contributed by atoms with Crippen molar-refractivity contribution in [2.45, 2.75) is 18.8 Å². The second-order valence-electron chi connectivity index (χ2n) is 4.75. The highest BCUT2D eigenvalue weighted by atomic mass is 14.4. The van der Waals surface area contributed by atoms with Crippen LogP contribution in [0.3, 0.4) is 0 Å². The fourth-order valence-corrected chi connectivity index (χ4v) is 3.13. The summed E-state index contributed by atoms with van der Waals surface area (Å²) in [5, 5.41) is 0. The Labute approximate surface area is 116 Å². The molecular formula is C19H20. The molecule has 19 heavy (non-hydrogen) atoms. The summed E-state index contributed by atoms with van der Waals surface area (Å²) >= 11 is 0. The van der Waals surface area contributed by atoms with Crippen LogP contribution in [0, 0.1) is 0 Å². The average molecular weight is 248 g/mol. The van der Waals surface area contributed by atoms with Gasteiger partial charge >= 0.3 is 0 Å². The van der Waals surface area contributed by atoms with Gasteiger partial charge in [-0.25, -0.2) is 0 Å². The second kappa shape index (κ2) is 5.27. The Morgan fingerprint density at radius 2 is 1.84 bits per heavy atom. The van der Waals surface area contributed by atoms with E-state index in [9.17, 15) is 0 Å². The highest BCUT2D eigenvalue weighted by Crippen LogP contribution is 2.50. The lowest BCUT2D eigenvalue weighted by molar-refractivity contribution is 0.667. The minimum absolute atomic E-state index is 0.141. The van der Waals surface area contributed by atoms with Gasteiger partial charge in [0.2, 0.25) is 0 Å². The molecule has 0 aromatic heterocycles. The van der Waals surface area contributed by atoms with Crippen molar-refractivity contribution in [2.75, 3.05) is 0 Å². The van der Waals surface area contributed by atoms with Crippen LogP contribution in [0.2, 0.25) is 0 Å². The predicted molar refractivity (Wildman–Crippen MR) is 85.1 cm³/mol. The molecule has 0 radical (unpaired) electrons. The number of rotatable bonds is 5. The molecule has 0 fully saturated rings. The van der Waals surface area contributed by atoms with Crippen molar-refractivity contribution in [2.24, 2.45) is 0 Å². The standard InChI is InChI=1S/C19H20/c1-5-13-19(14-6-2)17(8-4)15(7-3)16-11-9-10-12-18(16)19/h5-12,14H,1,3-4,13H2,2H3/b14-6+. The van der Waals surface area contributed by atoms with Crippen LogP contribution in [0.5, 0.6) is 0 Å². The smallest absolute Gasteiger partial charge is 0.0428 e. The van der Waals surface area contributed by atoms with Crippen LogP contribution in [-0.4, -0.2) is 0 Å². The molecule has 1 aliphatic rings. The molecule has 0 amide bonds. The zero-order valence-corrected chi connectivity index (χ0v) is 11.5. The van der Waals surface area contributed by atoms with Crippen molar-refractivity contribution in [3.8, 4) is 0 Å². The fraction of sp³-hybridized carbons (Fsp3) is 0.158. The molecule has 0 saturated carbocycles. The maximum absolute atomic E-state index is 4.01. The van der Waals surface area contributed by atoms with Crippen molar-refractivity contribution in [1.29, 1.82) is 0 Å². The van der Waals surface area contributed by atoms with E-state index in [1.807, 2.05) is 18.2 Å². The first-order chi connectivity index (χ1) is 9.25. The van der Waals surface area contributed by atoms with Gasteiger partial charge in [-0.3, -0.25) is 0 Å². The molecule has 2 rings (SSSR count). The van der Waals surface area contributed by atoms with Crippen LogP contribution >= 0.6 is 0 Å². The molecule has 0 N–H and O–H groups in total. The third-order valence-corrected chi connectivity index (χ3v) is 3.79. The number of fused-ring (bicyclic) bond motifs is 1. The van der Waals surface area contributed by atoms with Crippen molar-refractivity contribution in [3.63, 3.8) is 0 Å². The Kier molecular flexibility index (Phi) is 3.71. The molecule has 0 nitrogen and oxygen atoms in total. The van der Waals surface area contributed by atoms with Gasteiger partial charge in [0.25, 0.3) is 0 Å². The topological polar surface area (TPSA) is 0 Å². The van der Waals surface area contributed by atoms with E-state index in [-0.39, 0.29) is 5.41 Å². The first-order valence-electron chi connectivity index (χ1n) is 6.59. The van der Waals surface area contributed by atoms with Gasteiger partial charge in [0.05, 0.1) is 0 Å². The van der Waals surface area contributed by atoms with Crippen molar-refractivity contribution in [1.82, 2.24) is 0 Å². The van der Waals surface area contributed by atoms with Crippen molar-refractivity contribution >= 4 is 5.57 Å². The largest absolute Gasteiger partial charge is 0.103 e. The molecule has 1 aliphatic carbocycles. The lowest BCUT2D eigenvalue weighted by Gasteiger charge is -2.28. The predicted octanol–water partition coefficient (Wildman–Crippen LogP) is 5.22. The molecule has 1 atom stereocenters. The molecule has 0 heterocycles. The zero-order valence-electron chi connectivity index (χ0n) is 11.5. The summed E-state index contributed by atoms with van der Waals surface area (Å²) in [5.41, 5.74) is 4.84. The maximum atomic E-state index is 4.01. The van der Waals surface area contributed by atoms with Gasteiger partial charge in [0.1, 0.15) is 0 Å². The molecule has 0 bridgehead atoms. The molecule has 1 aromatic carbocycles. The third-order valence-electron chi connectivity index (χ3n) is 3.79. The van der Waals surface area contributed by atoms with E-state index in [2.05, 4.69) is 63.1 Å². The van der Waals surface area contributed by atoms with E-state index in [0.29, 0.717) is 0 Å². The Hall–Kier alpha value is -2.08. The van der Waals surface area contributed by atoms with Crippen LogP contribution < -0.4 is 0 Å². The monoisotopic (exact) mass is 248 g/mol. The van der Waals surface area contributed by atoms with Gasteiger partial charge in [-0.1, -0.05) is 67.8 Å². The maximum Gasteiger partial charge on any atom is 0.0428 e. The normalized spacial score (nSPS) is 21.5. The van der Waals surface area contributed by atoms with E-state index in [1.165, 1.54) is 22.3 Å². The highest BCUT2D eigenvalue weighted by Gasteiger charge is 2.39. The van der Waals surface area contributed by atoms with E-state index >= 15 is 0 Å². The molecule has 1 unspecified atom stereocenters. The van der Waals surface area contributed by atoms with Crippen LogP contribution in [0.4, 0.5) is 0 Å². The lowest BCUT2D eigenvalue weighted by atomic mass is 9.74. The summed E-state index contributed by atoms with van der Waals surface area (Å²) < 4.78 is 0. The van der Waals surface area contributed by atoms with Crippen LogP contribution in [0.1, 0.15) is 24.5 Å². The summed E-state index contributed by atoms with van der Waals surface area (Å²) in [6, 6.07) is 8.51. The van der Waals surface area contributed by atoms with Crippen LogP contribution in [0.25, 0.3) is 5.57 Å². The summed E-state index contributed by atoms with van der Waals surface area (Å²) in [6.07, 6.45) is 11.1. The molecule has 0 saturated heterocycles. The Bertz CT molecular complexity index is 584. The Morgan fingerprint density at radius 1 is 1.11 bits per heavy atom. The van der Waals surface area contributed by atoms with Gasteiger partial charge < -0.3 is 0 Å². The van der Waals surface area contributed by atoms with E-state index in [0.717, 1.165) is 6.42 Å². The number of benzene rings is 1. The van der Waals surface area contributed by atoms with E-state index in [1.54, 1.807) is 0 Å². The van der Waals surface area contributed by atoms with Gasteiger partial charge in [0.15, 0.2) is 0 Å². The summed E-state index contributed by atoms with van der Waals surface area (Å²) in [7, 11) is 0. The first-order valence-corrected chi connectivity index (χ1v) is 6.59. The Morgan fingerprint density at radius 3 is 2.42 bits per heavy atom. The Balaban J connectivity index is 2.83. The van der Waals surface area contributed by atoms with E-state index < -0.39 is 0 Å². The number of allylic oxidation sites excluding steroid dienone is 7. The third kappa shape index (κ3) is 1.84. The van der Waals surface area contributed by atoms with Crippen molar-refractivity contribution in [3.05, 3.63) is 91.1 Å².